The summed E-state index contributed by atoms with van der Waals surface area (Å²) in [5.74, 6) is 0.800. The van der Waals surface area contributed by atoms with Crippen LogP contribution in [0.3, 0.4) is 0 Å². The van der Waals surface area contributed by atoms with Gasteiger partial charge in [0.15, 0.2) is 0 Å². The van der Waals surface area contributed by atoms with Gasteiger partial charge in [0.05, 0.1) is 13.2 Å². The number of hydrogen-bond acceptors (Lipinski definition) is 5. The van der Waals surface area contributed by atoms with Crippen LogP contribution in [0.25, 0.3) is 0 Å². The minimum absolute atomic E-state index is 0.0348. The Labute approximate surface area is 193 Å². The molecule has 32 heavy (non-hydrogen) atoms. The predicted octanol–water partition coefficient (Wildman–Crippen LogP) is 3.65. The van der Waals surface area contributed by atoms with Crippen LogP contribution in [0.4, 0.5) is 5.69 Å². The Hall–Kier alpha value is -2.57. The first kappa shape index (κ1) is 24.1. The molecular weight excluding hydrogens is 400 g/mol. The summed E-state index contributed by atoms with van der Waals surface area (Å²) in [6.45, 7) is 14.2. The molecule has 2 aromatic carbocycles. The smallest absolute Gasteiger partial charge is 0.251 e. The lowest BCUT2D eigenvalue weighted by molar-refractivity contribution is 0.0935. The molecule has 1 atom stereocenters. The summed E-state index contributed by atoms with van der Waals surface area (Å²) in [5, 5.41) is 3.15. The number of ether oxygens (including phenoxy) is 1. The van der Waals surface area contributed by atoms with Crippen LogP contribution < -0.4 is 15.0 Å². The second-order valence-corrected chi connectivity index (χ2v) is 8.19. The number of nitrogens with one attached hydrogen (secondary N) is 1. The van der Waals surface area contributed by atoms with Crippen molar-refractivity contribution in [2.45, 2.75) is 26.8 Å². The van der Waals surface area contributed by atoms with Crippen LogP contribution in [0, 0.1) is 0 Å². The molecule has 1 aliphatic rings. The molecule has 1 N–H and O–H groups in total. The van der Waals surface area contributed by atoms with Gasteiger partial charge in [-0.3, -0.25) is 9.69 Å². The monoisotopic (exact) mass is 438 g/mol. The Bertz CT molecular complexity index is 843. The number of rotatable bonds is 10. The van der Waals surface area contributed by atoms with Gasteiger partial charge in [-0.05, 0) is 61.6 Å². The Morgan fingerprint density at radius 2 is 1.72 bits per heavy atom. The summed E-state index contributed by atoms with van der Waals surface area (Å²) in [5.41, 5.74) is 3.04. The third-order valence-corrected chi connectivity index (χ3v) is 6.50. The van der Waals surface area contributed by atoms with E-state index in [9.17, 15) is 4.79 Å². The number of nitrogens with zero attached hydrogens (tertiary/aromatic N) is 3. The largest absolute Gasteiger partial charge is 0.497 e. The van der Waals surface area contributed by atoms with Crippen LogP contribution in [0.15, 0.2) is 48.5 Å². The molecule has 1 aliphatic heterocycles. The summed E-state index contributed by atoms with van der Waals surface area (Å²) < 4.78 is 5.41. The number of piperazine rings is 1. The first-order chi connectivity index (χ1) is 15.6. The molecule has 0 aliphatic carbocycles. The first-order valence-corrected chi connectivity index (χ1v) is 11.8. The average molecular weight is 439 g/mol. The summed E-state index contributed by atoms with van der Waals surface area (Å²) >= 11 is 0. The molecular formula is C26H38N4O2. The van der Waals surface area contributed by atoms with E-state index in [4.69, 9.17) is 4.74 Å². The van der Waals surface area contributed by atoms with Crippen molar-refractivity contribution < 1.29 is 9.53 Å². The first-order valence-electron chi connectivity index (χ1n) is 11.8. The van der Waals surface area contributed by atoms with E-state index in [-0.39, 0.29) is 11.9 Å². The number of likely N-dealkylation sites (N-methyl/N-ethyl adjacent to an activating group) is 2. The molecule has 1 heterocycles. The van der Waals surface area contributed by atoms with Gasteiger partial charge in [-0.25, -0.2) is 0 Å². The molecule has 6 heteroatoms. The van der Waals surface area contributed by atoms with Crippen LogP contribution in [-0.4, -0.2) is 75.2 Å². The molecule has 1 saturated heterocycles. The fraction of sp³-hybridized carbons (Fsp3) is 0.500. The van der Waals surface area contributed by atoms with E-state index >= 15 is 0 Å². The number of carbonyl (C=O) groups excluding carboxylic acids is 1. The maximum Gasteiger partial charge on any atom is 0.251 e. The Morgan fingerprint density at radius 3 is 2.31 bits per heavy atom. The Morgan fingerprint density at radius 1 is 1.03 bits per heavy atom. The van der Waals surface area contributed by atoms with Crippen molar-refractivity contribution in [2.24, 2.45) is 0 Å². The molecule has 1 unspecified atom stereocenters. The second-order valence-electron chi connectivity index (χ2n) is 8.19. The van der Waals surface area contributed by atoms with Crippen molar-refractivity contribution in [3.63, 3.8) is 0 Å². The van der Waals surface area contributed by atoms with Gasteiger partial charge in [0.2, 0.25) is 0 Å². The fourth-order valence-electron chi connectivity index (χ4n) is 4.41. The molecule has 2 aromatic rings. The number of amides is 1. The number of carbonyl (C=O) groups is 1. The van der Waals surface area contributed by atoms with Crippen molar-refractivity contribution in [3.8, 4) is 5.75 Å². The highest BCUT2D eigenvalue weighted by molar-refractivity contribution is 5.94. The average Bonchev–Trinajstić information content (AvgIpc) is 2.86. The molecule has 0 bridgehead atoms. The molecule has 6 nitrogen and oxygen atoms in total. The van der Waals surface area contributed by atoms with Gasteiger partial charge < -0.3 is 19.9 Å². The topological polar surface area (TPSA) is 48.1 Å². The zero-order valence-electron chi connectivity index (χ0n) is 20.0. The van der Waals surface area contributed by atoms with Gasteiger partial charge in [0.1, 0.15) is 5.75 Å². The highest BCUT2D eigenvalue weighted by Crippen LogP contribution is 2.24. The third kappa shape index (κ3) is 6.02. The van der Waals surface area contributed by atoms with Crippen molar-refractivity contribution in [3.05, 3.63) is 59.7 Å². The van der Waals surface area contributed by atoms with Crippen LogP contribution in [0.2, 0.25) is 0 Å². The minimum atomic E-state index is -0.0348. The molecule has 0 aromatic heterocycles. The molecule has 0 spiro atoms. The van der Waals surface area contributed by atoms with E-state index in [1.807, 2.05) is 24.3 Å². The highest BCUT2D eigenvalue weighted by Gasteiger charge is 2.20. The van der Waals surface area contributed by atoms with Gasteiger partial charge >= 0.3 is 0 Å². The lowest BCUT2D eigenvalue weighted by Gasteiger charge is -2.35. The normalized spacial score (nSPS) is 15.6. The van der Waals surface area contributed by atoms with E-state index in [1.165, 1.54) is 5.69 Å². The molecule has 174 valence electrons. The van der Waals surface area contributed by atoms with Gasteiger partial charge in [-0.1, -0.05) is 32.9 Å². The van der Waals surface area contributed by atoms with E-state index in [0.29, 0.717) is 12.1 Å². The lowest BCUT2D eigenvalue weighted by atomic mass is 10.0. The lowest BCUT2D eigenvalue weighted by Crippen LogP contribution is -2.46. The standard InChI is InChI=1S/C26H38N4O2/c1-5-28-15-17-30(18-16-28)23-13-11-21(12-14-23)26(31)27-20-25(29(6-2)7-3)22-9-8-10-24(19-22)32-4/h8-14,19,25H,5-7,15-18,20H2,1-4H3,(H,27,31). The SMILES string of the molecule is CCN1CCN(c2ccc(C(=O)NCC(c3cccc(OC)c3)N(CC)CC)cc2)CC1. The van der Waals surface area contributed by atoms with Gasteiger partial charge in [0, 0.05) is 44.0 Å². The molecule has 0 radical (unpaired) electrons. The Balaban J connectivity index is 1.64. The number of hydrogen-bond donors (Lipinski definition) is 1. The predicted molar refractivity (Wildman–Crippen MR) is 132 cm³/mol. The fourth-order valence-corrected chi connectivity index (χ4v) is 4.41. The minimum Gasteiger partial charge on any atom is -0.497 e. The molecule has 1 amide bonds. The van der Waals surface area contributed by atoms with Crippen molar-refractivity contribution in [1.29, 1.82) is 0 Å². The second kappa shape index (κ2) is 11.9. The highest BCUT2D eigenvalue weighted by atomic mass is 16.5. The van der Waals surface area contributed by atoms with E-state index in [2.05, 4.69) is 65.1 Å². The van der Waals surface area contributed by atoms with E-state index in [0.717, 1.165) is 57.1 Å². The summed E-state index contributed by atoms with van der Waals surface area (Å²) in [7, 11) is 1.68. The number of anilines is 1. The van der Waals surface area contributed by atoms with Crippen molar-refractivity contribution in [2.75, 3.05) is 64.4 Å². The van der Waals surface area contributed by atoms with Crippen molar-refractivity contribution >= 4 is 11.6 Å². The molecule has 1 fully saturated rings. The van der Waals surface area contributed by atoms with Crippen molar-refractivity contribution in [1.82, 2.24) is 15.1 Å². The number of methoxy groups -OCH3 is 1. The maximum atomic E-state index is 12.9. The number of benzene rings is 2. The van der Waals surface area contributed by atoms with Gasteiger partial charge in [0.25, 0.3) is 5.91 Å². The third-order valence-electron chi connectivity index (χ3n) is 6.50. The molecule has 3 rings (SSSR count). The zero-order valence-corrected chi connectivity index (χ0v) is 20.0. The summed E-state index contributed by atoms with van der Waals surface area (Å²) in [6.07, 6.45) is 0. The van der Waals surface area contributed by atoms with Crippen LogP contribution >= 0.6 is 0 Å². The molecule has 0 saturated carbocycles. The maximum absolute atomic E-state index is 12.9. The van der Waals surface area contributed by atoms with Crippen LogP contribution in [0.5, 0.6) is 5.75 Å². The van der Waals surface area contributed by atoms with Gasteiger partial charge in [-0.2, -0.15) is 0 Å². The van der Waals surface area contributed by atoms with E-state index in [1.54, 1.807) is 7.11 Å². The Kier molecular flexibility index (Phi) is 8.94. The summed E-state index contributed by atoms with van der Waals surface area (Å²) in [6, 6.07) is 16.2. The van der Waals surface area contributed by atoms with E-state index < -0.39 is 0 Å². The van der Waals surface area contributed by atoms with Gasteiger partial charge in [-0.15, -0.1) is 0 Å². The van der Waals surface area contributed by atoms with Crippen LogP contribution in [0.1, 0.15) is 42.7 Å². The quantitative estimate of drug-likeness (QED) is 0.614. The summed E-state index contributed by atoms with van der Waals surface area (Å²) in [4.78, 5) is 20.1. The van der Waals surface area contributed by atoms with Crippen LogP contribution in [-0.2, 0) is 0 Å². The zero-order chi connectivity index (χ0) is 22.9.